The first-order valence-corrected chi connectivity index (χ1v) is 8.35. The molecule has 2 heterocycles. The summed E-state index contributed by atoms with van der Waals surface area (Å²) in [6, 6.07) is 9.10. The lowest BCUT2D eigenvalue weighted by Gasteiger charge is -2.31. The van der Waals surface area contributed by atoms with Crippen LogP contribution < -0.4 is 5.32 Å². The van der Waals surface area contributed by atoms with Crippen LogP contribution in [0.25, 0.3) is 0 Å². The number of furan rings is 1. The maximum Gasteiger partial charge on any atom is 0.257 e. The quantitative estimate of drug-likeness (QED) is 0.925. The number of rotatable bonds is 4. The van der Waals surface area contributed by atoms with Crippen LogP contribution in [0.1, 0.15) is 28.8 Å². The van der Waals surface area contributed by atoms with Gasteiger partial charge in [-0.3, -0.25) is 9.59 Å². The third-order valence-electron chi connectivity index (χ3n) is 4.28. The van der Waals surface area contributed by atoms with Gasteiger partial charge in [-0.1, -0.05) is 23.7 Å². The van der Waals surface area contributed by atoms with E-state index in [-0.39, 0.29) is 17.7 Å². The zero-order valence-corrected chi connectivity index (χ0v) is 14.0. The Balaban J connectivity index is 1.47. The second kappa shape index (κ2) is 7.53. The fourth-order valence-corrected chi connectivity index (χ4v) is 3.11. The van der Waals surface area contributed by atoms with Crippen LogP contribution in [-0.2, 0) is 11.3 Å². The number of carbonyl (C=O) groups excluding carboxylic acids is 2. The molecule has 5 nitrogen and oxygen atoms in total. The topological polar surface area (TPSA) is 62.6 Å². The SMILES string of the molecule is O=C(NCc1cccc(Cl)c1)C1CCN(C(=O)c2ccoc2)CC1. The van der Waals surface area contributed by atoms with Crippen LogP contribution in [0.5, 0.6) is 0 Å². The standard InChI is InChI=1S/C18H19ClN2O3/c19-16-3-1-2-13(10-16)11-20-17(22)14-4-7-21(8-5-14)18(23)15-6-9-24-12-15/h1-3,6,9-10,12,14H,4-5,7-8,11H2,(H,20,22). The first-order chi connectivity index (χ1) is 11.6. The number of nitrogens with zero attached hydrogens (tertiary/aromatic N) is 1. The van der Waals surface area contributed by atoms with E-state index in [4.69, 9.17) is 16.0 Å². The highest BCUT2D eigenvalue weighted by molar-refractivity contribution is 6.30. The Kier molecular flexibility index (Phi) is 5.20. The van der Waals surface area contributed by atoms with Crippen molar-refractivity contribution in [2.45, 2.75) is 19.4 Å². The molecule has 0 radical (unpaired) electrons. The molecule has 2 aromatic rings. The zero-order valence-electron chi connectivity index (χ0n) is 13.2. The van der Waals surface area contributed by atoms with Crippen molar-refractivity contribution in [3.05, 3.63) is 59.0 Å². The number of piperidine rings is 1. The molecule has 126 valence electrons. The number of benzene rings is 1. The van der Waals surface area contributed by atoms with Crippen molar-refractivity contribution in [3.63, 3.8) is 0 Å². The molecule has 0 aliphatic carbocycles. The third-order valence-corrected chi connectivity index (χ3v) is 4.51. The Labute approximate surface area is 145 Å². The summed E-state index contributed by atoms with van der Waals surface area (Å²) in [5.74, 6) is -0.0653. The first kappa shape index (κ1) is 16.6. The van der Waals surface area contributed by atoms with E-state index in [2.05, 4.69) is 5.32 Å². The Morgan fingerprint density at radius 2 is 2.04 bits per heavy atom. The predicted molar refractivity (Wildman–Crippen MR) is 90.6 cm³/mol. The Bertz CT molecular complexity index is 707. The number of amides is 2. The number of likely N-dealkylation sites (tertiary alicyclic amines) is 1. The number of halogens is 1. The van der Waals surface area contributed by atoms with Gasteiger partial charge >= 0.3 is 0 Å². The monoisotopic (exact) mass is 346 g/mol. The smallest absolute Gasteiger partial charge is 0.257 e. The Morgan fingerprint density at radius 1 is 1.25 bits per heavy atom. The second-order valence-electron chi connectivity index (χ2n) is 5.93. The van der Waals surface area contributed by atoms with Gasteiger partial charge < -0.3 is 14.6 Å². The van der Waals surface area contributed by atoms with E-state index in [1.54, 1.807) is 17.0 Å². The molecule has 2 amide bonds. The predicted octanol–water partition coefficient (Wildman–Crippen LogP) is 3.10. The summed E-state index contributed by atoms with van der Waals surface area (Å²) in [4.78, 5) is 26.3. The summed E-state index contributed by atoms with van der Waals surface area (Å²) >= 11 is 5.94. The van der Waals surface area contributed by atoms with Gasteiger partial charge in [0.1, 0.15) is 6.26 Å². The molecule has 1 aliphatic rings. The van der Waals surface area contributed by atoms with Crippen LogP contribution >= 0.6 is 11.6 Å². The molecule has 0 unspecified atom stereocenters. The van der Waals surface area contributed by atoms with Crippen molar-refractivity contribution in [2.75, 3.05) is 13.1 Å². The van der Waals surface area contributed by atoms with Crippen LogP contribution in [0, 0.1) is 5.92 Å². The molecule has 3 rings (SSSR count). The van der Waals surface area contributed by atoms with E-state index >= 15 is 0 Å². The lowest BCUT2D eigenvalue weighted by atomic mass is 9.95. The van der Waals surface area contributed by atoms with Crippen LogP contribution in [0.4, 0.5) is 0 Å². The molecular formula is C18H19ClN2O3. The van der Waals surface area contributed by atoms with Crippen molar-refractivity contribution in [1.29, 1.82) is 0 Å². The molecule has 1 saturated heterocycles. The number of nitrogens with one attached hydrogen (secondary N) is 1. The molecule has 1 aliphatic heterocycles. The Morgan fingerprint density at radius 3 is 2.71 bits per heavy atom. The van der Waals surface area contributed by atoms with Gasteiger partial charge in [0.25, 0.3) is 5.91 Å². The van der Waals surface area contributed by atoms with E-state index in [0.29, 0.717) is 43.1 Å². The van der Waals surface area contributed by atoms with E-state index in [0.717, 1.165) is 5.56 Å². The first-order valence-electron chi connectivity index (χ1n) is 7.97. The molecule has 0 spiro atoms. The molecule has 1 N–H and O–H groups in total. The molecule has 24 heavy (non-hydrogen) atoms. The Hall–Kier alpha value is -2.27. The fraction of sp³-hybridized carbons (Fsp3) is 0.333. The average molecular weight is 347 g/mol. The summed E-state index contributed by atoms with van der Waals surface area (Å²) in [6.07, 6.45) is 4.28. The largest absolute Gasteiger partial charge is 0.472 e. The van der Waals surface area contributed by atoms with Gasteiger partial charge in [0.2, 0.25) is 5.91 Å². The highest BCUT2D eigenvalue weighted by Gasteiger charge is 2.27. The van der Waals surface area contributed by atoms with Crippen LogP contribution in [0.15, 0.2) is 47.3 Å². The highest BCUT2D eigenvalue weighted by Crippen LogP contribution is 2.20. The van der Waals surface area contributed by atoms with Crippen LogP contribution in [0.2, 0.25) is 5.02 Å². The van der Waals surface area contributed by atoms with Gasteiger partial charge in [-0.25, -0.2) is 0 Å². The molecule has 1 aromatic heterocycles. The molecule has 6 heteroatoms. The number of carbonyl (C=O) groups is 2. The third kappa shape index (κ3) is 3.97. The van der Waals surface area contributed by atoms with Crippen molar-refractivity contribution in [1.82, 2.24) is 10.2 Å². The van der Waals surface area contributed by atoms with Crippen molar-refractivity contribution in [3.8, 4) is 0 Å². The van der Waals surface area contributed by atoms with Gasteiger partial charge in [-0.15, -0.1) is 0 Å². The van der Waals surface area contributed by atoms with Gasteiger partial charge in [0.15, 0.2) is 0 Å². The fourth-order valence-electron chi connectivity index (χ4n) is 2.89. The van der Waals surface area contributed by atoms with Crippen LogP contribution in [-0.4, -0.2) is 29.8 Å². The van der Waals surface area contributed by atoms with E-state index in [1.165, 1.54) is 12.5 Å². The molecule has 0 atom stereocenters. The minimum atomic E-state index is -0.0578. The van der Waals surface area contributed by atoms with Gasteiger partial charge in [-0.05, 0) is 36.6 Å². The van der Waals surface area contributed by atoms with E-state index in [1.807, 2.05) is 18.2 Å². The highest BCUT2D eigenvalue weighted by atomic mass is 35.5. The lowest BCUT2D eigenvalue weighted by molar-refractivity contribution is -0.126. The second-order valence-corrected chi connectivity index (χ2v) is 6.36. The van der Waals surface area contributed by atoms with Crippen molar-refractivity contribution in [2.24, 2.45) is 5.92 Å². The number of hydrogen-bond donors (Lipinski definition) is 1. The summed E-state index contributed by atoms with van der Waals surface area (Å²) < 4.78 is 4.95. The summed E-state index contributed by atoms with van der Waals surface area (Å²) in [7, 11) is 0. The van der Waals surface area contributed by atoms with E-state index < -0.39 is 0 Å². The zero-order chi connectivity index (χ0) is 16.9. The van der Waals surface area contributed by atoms with Crippen molar-refractivity contribution < 1.29 is 14.0 Å². The normalized spacial score (nSPS) is 15.3. The molecule has 1 fully saturated rings. The number of hydrogen-bond acceptors (Lipinski definition) is 3. The lowest BCUT2D eigenvalue weighted by Crippen LogP contribution is -2.42. The van der Waals surface area contributed by atoms with Gasteiger partial charge in [0, 0.05) is 30.6 Å². The summed E-state index contributed by atoms with van der Waals surface area (Å²) in [5.41, 5.74) is 1.53. The molecule has 0 saturated carbocycles. The van der Waals surface area contributed by atoms with Crippen molar-refractivity contribution >= 4 is 23.4 Å². The minimum absolute atomic E-state index is 0.0328. The van der Waals surface area contributed by atoms with Crippen LogP contribution in [0.3, 0.4) is 0 Å². The maximum absolute atomic E-state index is 12.3. The summed E-state index contributed by atoms with van der Waals surface area (Å²) in [5, 5.41) is 3.61. The van der Waals surface area contributed by atoms with Gasteiger partial charge in [0.05, 0.1) is 11.8 Å². The molecule has 1 aromatic carbocycles. The average Bonchev–Trinajstić information content (AvgIpc) is 3.14. The van der Waals surface area contributed by atoms with Gasteiger partial charge in [-0.2, -0.15) is 0 Å². The van der Waals surface area contributed by atoms with E-state index in [9.17, 15) is 9.59 Å². The summed E-state index contributed by atoms with van der Waals surface area (Å²) in [6.45, 7) is 1.63. The molecule has 0 bridgehead atoms. The minimum Gasteiger partial charge on any atom is -0.472 e. The molecular weight excluding hydrogens is 328 g/mol. The maximum atomic E-state index is 12.3.